The van der Waals surface area contributed by atoms with Gasteiger partial charge in [0.1, 0.15) is 12.7 Å². The summed E-state index contributed by atoms with van der Waals surface area (Å²) in [4.78, 5) is 0. The fourth-order valence-corrected chi connectivity index (χ4v) is 2.76. The summed E-state index contributed by atoms with van der Waals surface area (Å²) < 4.78 is 16.1. The number of hydrogen-bond donors (Lipinski definition) is 3. The van der Waals surface area contributed by atoms with Crippen molar-refractivity contribution in [1.82, 2.24) is 0 Å². The number of ether oxygens (including phenoxy) is 3. The lowest BCUT2D eigenvalue weighted by Crippen LogP contribution is -2.56. The maximum absolute atomic E-state index is 9.65. The van der Waals surface area contributed by atoms with Gasteiger partial charge >= 0.3 is 0 Å². The van der Waals surface area contributed by atoms with Crippen molar-refractivity contribution in [3.8, 4) is 0 Å². The molecule has 132 valence electrons. The van der Waals surface area contributed by atoms with Crippen molar-refractivity contribution in [2.75, 3.05) is 26.4 Å². The minimum atomic E-state index is -1.32. The van der Waals surface area contributed by atoms with Gasteiger partial charge in [0, 0.05) is 12.8 Å². The van der Waals surface area contributed by atoms with Crippen molar-refractivity contribution < 1.29 is 29.5 Å². The fraction of sp³-hybridized carbons (Fsp3) is 1.00. The molecule has 0 aromatic rings. The van der Waals surface area contributed by atoms with Crippen LogP contribution in [0, 0.1) is 0 Å². The highest BCUT2D eigenvalue weighted by Gasteiger charge is 2.44. The highest BCUT2D eigenvalue weighted by molar-refractivity contribution is 4.84. The highest BCUT2D eigenvalue weighted by atomic mass is 16.7. The van der Waals surface area contributed by atoms with Gasteiger partial charge in [-0.15, -0.1) is 0 Å². The fourth-order valence-electron chi connectivity index (χ4n) is 2.76. The average Bonchev–Trinajstić information content (AvgIpc) is 2.54. The van der Waals surface area contributed by atoms with E-state index in [2.05, 4.69) is 0 Å². The van der Waals surface area contributed by atoms with Crippen molar-refractivity contribution >= 4 is 0 Å². The zero-order valence-corrected chi connectivity index (χ0v) is 13.9. The Morgan fingerprint density at radius 2 is 1.50 bits per heavy atom. The Labute approximate surface area is 133 Å². The zero-order chi connectivity index (χ0) is 16.5. The quantitative estimate of drug-likeness (QED) is 0.587. The van der Waals surface area contributed by atoms with Crippen LogP contribution < -0.4 is 0 Å². The van der Waals surface area contributed by atoms with Crippen LogP contribution >= 0.6 is 0 Å². The van der Waals surface area contributed by atoms with Crippen LogP contribution in [-0.4, -0.2) is 59.4 Å². The van der Waals surface area contributed by atoms with Gasteiger partial charge in [-0.2, -0.15) is 0 Å². The molecule has 2 aliphatic heterocycles. The molecule has 2 heterocycles. The molecule has 0 amide bonds. The topological polar surface area (TPSA) is 88.4 Å². The van der Waals surface area contributed by atoms with E-state index in [1.807, 2.05) is 13.8 Å². The third-order valence-corrected chi connectivity index (χ3v) is 4.01. The molecule has 2 saturated heterocycles. The zero-order valence-electron chi connectivity index (χ0n) is 13.9. The summed E-state index contributed by atoms with van der Waals surface area (Å²) in [6.07, 6.45) is 5.31. The maximum Gasteiger partial charge on any atom is 0.218 e. The second kappa shape index (κ2) is 9.80. The molecule has 3 fully saturated rings. The molecule has 0 aromatic heterocycles. The van der Waals surface area contributed by atoms with E-state index in [1.165, 1.54) is 0 Å². The van der Waals surface area contributed by atoms with Gasteiger partial charge in [0.25, 0.3) is 0 Å². The number of aliphatic hydroxyl groups excluding tert-OH is 1. The van der Waals surface area contributed by atoms with Crippen LogP contribution in [0.4, 0.5) is 0 Å². The van der Waals surface area contributed by atoms with E-state index in [0.717, 1.165) is 32.1 Å². The molecule has 0 unspecified atom stereocenters. The molecule has 6 nitrogen and oxygen atoms in total. The van der Waals surface area contributed by atoms with Crippen LogP contribution in [0.15, 0.2) is 0 Å². The van der Waals surface area contributed by atoms with Gasteiger partial charge in [0.05, 0.1) is 19.8 Å². The summed E-state index contributed by atoms with van der Waals surface area (Å²) in [5, 5.41) is 27.5. The molecule has 3 aliphatic rings. The van der Waals surface area contributed by atoms with Crippen LogP contribution in [0.5, 0.6) is 0 Å². The third-order valence-electron chi connectivity index (χ3n) is 4.01. The monoisotopic (exact) mass is 320 g/mol. The van der Waals surface area contributed by atoms with Gasteiger partial charge in [-0.3, -0.25) is 0 Å². The molecule has 0 radical (unpaired) electrons. The van der Waals surface area contributed by atoms with Crippen LogP contribution in [0.3, 0.4) is 0 Å². The van der Waals surface area contributed by atoms with Gasteiger partial charge in [0.15, 0.2) is 5.79 Å². The van der Waals surface area contributed by atoms with E-state index in [-0.39, 0.29) is 0 Å². The van der Waals surface area contributed by atoms with Gasteiger partial charge < -0.3 is 29.5 Å². The highest BCUT2D eigenvalue weighted by Crippen LogP contribution is 2.29. The van der Waals surface area contributed by atoms with Crippen molar-refractivity contribution in [2.24, 2.45) is 0 Å². The van der Waals surface area contributed by atoms with E-state index in [0.29, 0.717) is 39.3 Å². The molecule has 0 aromatic carbocycles. The van der Waals surface area contributed by atoms with E-state index >= 15 is 0 Å². The predicted octanol–water partition coefficient (Wildman–Crippen LogP) is 1.56. The Hall–Kier alpha value is -0.240. The first-order valence-corrected chi connectivity index (χ1v) is 8.53. The normalized spacial score (nSPS) is 34.0. The lowest BCUT2D eigenvalue weighted by molar-refractivity contribution is -0.341. The Balaban J connectivity index is 0.000000211. The first-order chi connectivity index (χ1) is 10.5. The largest absolute Gasteiger partial charge is 0.387 e. The summed E-state index contributed by atoms with van der Waals surface area (Å²) in [6, 6.07) is 0. The van der Waals surface area contributed by atoms with E-state index in [9.17, 15) is 5.11 Å². The Morgan fingerprint density at radius 1 is 0.864 bits per heavy atom. The number of hydrogen-bond acceptors (Lipinski definition) is 6. The van der Waals surface area contributed by atoms with Crippen LogP contribution in [0.1, 0.15) is 58.8 Å². The smallest absolute Gasteiger partial charge is 0.218 e. The summed E-state index contributed by atoms with van der Waals surface area (Å²) >= 11 is 0. The lowest BCUT2D eigenvalue weighted by atomic mass is 9.95. The van der Waals surface area contributed by atoms with Crippen molar-refractivity contribution in [2.45, 2.75) is 76.5 Å². The SMILES string of the molecule is CC.OC1(O)CCCCC1.O[C@H]1CCCO[C@]12COCCO2. The number of aliphatic hydroxyl groups is 3. The van der Waals surface area contributed by atoms with Crippen LogP contribution in [0.25, 0.3) is 0 Å². The Kier molecular flexibility index (Phi) is 8.82. The van der Waals surface area contributed by atoms with Gasteiger partial charge in [-0.25, -0.2) is 0 Å². The van der Waals surface area contributed by atoms with E-state index < -0.39 is 17.7 Å². The molecule has 3 N–H and O–H groups in total. The molecular formula is C16H32O6. The molecule has 22 heavy (non-hydrogen) atoms. The molecule has 1 aliphatic carbocycles. The molecule has 0 bridgehead atoms. The maximum atomic E-state index is 9.65. The minimum absolute atomic E-state index is 0.355. The van der Waals surface area contributed by atoms with Gasteiger partial charge in [-0.05, 0) is 25.7 Å². The number of rotatable bonds is 0. The van der Waals surface area contributed by atoms with Crippen LogP contribution in [-0.2, 0) is 14.2 Å². The summed E-state index contributed by atoms with van der Waals surface area (Å²) in [5.41, 5.74) is 0. The van der Waals surface area contributed by atoms with E-state index in [4.69, 9.17) is 24.4 Å². The van der Waals surface area contributed by atoms with Crippen molar-refractivity contribution in [3.05, 3.63) is 0 Å². The van der Waals surface area contributed by atoms with Crippen molar-refractivity contribution in [1.29, 1.82) is 0 Å². The van der Waals surface area contributed by atoms with Crippen molar-refractivity contribution in [3.63, 3.8) is 0 Å². The predicted molar refractivity (Wildman–Crippen MR) is 82.3 cm³/mol. The average molecular weight is 320 g/mol. The Bertz CT molecular complexity index is 272. The molecule has 2 atom stereocenters. The second-order valence-electron chi connectivity index (χ2n) is 5.76. The summed E-state index contributed by atoms with van der Waals surface area (Å²) in [6.45, 7) is 6.11. The lowest BCUT2D eigenvalue weighted by Gasteiger charge is -2.42. The van der Waals surface area contributed by atoms with Gasteiger partial charge in [-0.1, -0.05) is 20.3 Å². The molecular weight excluding hydrogens is 288 g/mol. The first-order valence-electron chi connectivity index (χ1n) is 8.53. The summed E-state index contributed by atoms with van der Waals surface area (Å²) in [5.74, 6) is -2.17. The van der Waals surface area contributed by atoms with Gasteiger partial charge in [0.2, 0.25) is 5.79 Å². The molecule has 3 rings (SSSR count). The summed E-state index contributed by atoms with van der Waals surface area (Å²) in [7, 11) is 0. The van der Waals surface area contributed by atoms with Crippen LogP contribution in [0.2, 0.25) is 0 Å². The molecule has 1 saturated carbocycles. The third kappa shape index (κ3) is 6.10. The standard InChI is InChI=1S/C8H14O4.C6H12O2.C2H6/c9-7-2-1-3-11-8(7)6-10-4-5-12-8;7-6(8)4-2-1-3-5-6;1-2/h7,9H,1-6H2;7-8H,1-5H2;1-2H3/t7-,8-;;/m0../s1. The molecule has 6 heteroatoms. The molecule has 1 spiro atoms. The Morgan fingerprint density at radius 3 is 1.95 bits per heavy atom. The second-order valence-corrected chi connectivity index (χ2v) is 5.76. The minimum Gasteiger partial charge on any atom is -0.387 e. The first kappa shape index (κ1) is 19.8. The van der Waals surface area contributed by atoms with E-state index in [1.54, 1.807) is 0 Å².